The quantitative estimate of drug-likeness (QED) is 0.0195. The summed E-state index contributed by atoms with van der Waals surface area (Å²) in [5, 5.41) is 11.8. The van der Waals surface area contributed by atoms with Gasteiger partial charge in [-0.3, -0.25) is 9.59 Å². The Kier molecular flexibility index (Phi) is 59.5. The van der Waals surface area contributed by atoms with E-state index in [1.165, 1.54) is 70.6 Å². The van der Waals surface area contributed by atoms with E-state index >= 15 is 0 Å². The molecule has 0 heterocycles. The van der Waals surface area contributed by atoms with Crippen LogP contribution in [0.2, 0.25) is 0 Å². The minimum atomic E-state index is -1.64. The molecule has 0 aromatic carbocycles. The molecule has 0 aromatic heterocycles. The summed E-state index contributed by atoms with van der Waals surface area (Å²) in [7, 11) is 5.91. The zero-order valence-corrected chi connectivity index (χ0v) is 53.5. The van der Waals surface area contributed by atoms with E-state index in [1.54, 1.807) is 0 Å². The zero-order valence-electron chi connectivity index (χ0n) is 53.5. The van der Waals surface area contributed by atoms with Crippen LogP contribution in [0.1, 0.15) is 245 Å². The van der Waals surface area contributed by atoms with Gasteiger partial charge in [-0.25, -0.2) is 0 Å². The highest BCUT2D eigenvalue weighted by atomic mass is 16.7. The molecule has 0 bridgehead atoms. The molecule has 0 radical (unpaired) electrons. The molecule has 0 amide bonds. The van der Waals surface area contributed by atoms with E-state index < -0.39 is 24.3 Å². The Morgan fingerprint density at radius 2 is 0.687 bits per heavy atom. The SMILES string of the molecule is CC/C=C\C/C=C\C/C=C\C/C=C\C/C=C\C/C=C\C/C=C\C/C=C\C/C=C\C/C=C\CCCCCCCCC(=O)OC(COC(=O)CCCCCCCCCCC/C=C\C/C=C\CCCCCCC)COC(OCC[N+](C)(C)C)C(=O)[O-]. The van der Waals surface area contributed by atoms with Crippen LogP contribution in [0.4, 0.5) is 0 Å². The highest BCUT2D eigenvalue weighted by Gasteiger charge is 2.22. The number of quaternary nitrogens is 1. The Labute approximate surface area is 509 Å². The summed E-state index contributed by atoms with van der Waals surface area (Å²) in [6.07, 6.45) is 89.0. The summed E-state index contributed by atoms with van der Waals surface area (Å²) in [6.45, 7) is 4.59. The average molecular weight is 1150 g/mol. The predicted molar refractivity (Wildman–Crippen MR) is 352 cm³/mol. The van der Waals surface area contributed by atoms with Crippen LogP contribution in [-0.4, -0.2) is 82.3 Å². The predicted octanol–water partition coefficient (Wildman–Crippen LogP) is 19.0. The molecule has 0 aromatic rings. The fourth-order valence-electron chi connectivity index (χ4n) is 8.54. The van der Waals surface area contributed by atoms with Gasteiger partial charge in [0.15, 0.2) is 12.4 Å². The normalized spacial score (nSPS) is 13.7. The number of carbonyl (C=O) groups is 3. The van der Waals surface area contributed by atoms with Gasteiger partial charge >= 0.3 is 11.9 Å². The lowest BCUT2D eigenvalue weighted by Gasteiger charge is -2.26. The molecule has 2 unspecified atom stereocenters. The number of likely N-dealkylation sites (N-methyl/N-ethyl adjacent to an activating group) is 1. The number of carboxylic acids is 1. The van der Waals surface area contributed by atoms with Gasteiger partial charge < -0.3 is 33.3 Å². The number of ether oxygens (including phenoxy) is 4. The van der Waals surface area contributed by atoms with E-state index in [-0.39, 0.29) is 38.6 Å². The monoisotopic (exact) mass is 1150 g/mol. The molecular formula is C74H121NO8. The molecule has 0 aliphatic carbocycles. The third-order valence-electron chi connectivity index (χ3n) is 13.6. The van der Waals surface area contributed by atoms with E-state index in [0.717, 1.165) is 141 Å². The van der Waals surface area contributed by atoms with Crippen molar-refractivity contribution < 1.29 is 42.9 Å². The van der Waals surface area contributed by atoms with E-state index in [9.17, 15) is 19.5 Å². The first kappa shape index (κ1) is 78.2. The van der Waals surface area contributed by atoms with Crippen molar-refractivity contribution in [2.45, 2.75) is 257 Å². The Bertz CT molecular complexity index is 1870. The van der Waals surface area contributed by atoms with Crippen molar-refractivity contribution >= 4 is 17.9 Å². The second-order valence-corrected chi connectivity index (χ2v) is 22.7. The Morgan fingerprint density at radius 1 is 0.373 bits per heavy atom. The number of esters is 2. The van der Waals surface area contributed by atoms with Crippen molar-refractivity contribution in [1.82, 2.24) is 0 Å². The van der Waals surface area contributed by atoms with Crippen LogP contribution < -0.4 is 5.11 Å². The highest BCUT2D eigenvalue weighted by Crippen LogP contribution is 2.15. The summed E-state index contributed by atoms with van der Waals surface area (Å²) in [5.41, 5.74) is 0. The standard InChI is InChI=1S/C74H121NO8/c1-6-8-10-12-14-16-18-20-22-24-26-28-29-30-31-32-33-34-35-36-37-38-39-40-41-42-43-45-47-49-51-53-55-57-59-61-63-65-72(77)83-70(69-82-74(73(78)79)80-67-66-75(3,4)5)68-81-71(76)64-62-60-58-56-54-52-50-48-46-44-27-25-23-21-19-17-15-13-11-9-7-2/h8,10,14,16,19-22,25-28,30-31,33-34,36-37,39-40,42-43,47,49,70,74H,6-7,9,11-13,15,17-18,23-24,29,32,35,38,41,44-46,48,50-69H2,1-5H3/b10-8-,16-14-,21-19-,22-20-,27-25-,28-26-,31-30-,34-33-,37-36-,40-39-,43-42-,49-47-. The van der Waals surface area contributed by atoms with Gasteiger partial charge in [0, 0.05) is 12.8 Å². The van der Waals surface area contributed by atoms with Gasteiger partial charge in [-0.15, -0.1) is 0 Å². The number of unbranched alkanes of at least 4 members (excludes halogenated alkanes) is 20. The maximum absolute atomic E-state index is 12.9. The number of hydrogen-bond acceptors (Lipinski definition) is 8. The molecule has 0 N–H and O–H groups in total. The summed E-state index contributed by atoms with van der Waals surface area (Å²) in [6, 6.07) is 0. The molecule has 0 saturated heterocycles. The maximum Gasteiger partial charge on any atom is 0.306 e. The second kappa shape index (κ2) is 63.2. The Morgan fingerprint density at radius 3 is 1.02 bits per heavy atom. The Hall–Kier alpha value is -4.83. The number of hydrogen-bond donors (Lipinski definition) is 0. The van der Waals surface area contributed by atoms with Gasteiger partial charge in [0.25, 0.3) is 0 Å². The third kappa shape index (κ3) is 64.6. The van der Waals surface area contributed by atoms with Crippen molar-refractivity contribution in [3.8, 4) is 0 Å². The topological polar surface area (TPSA) is 111 Å². The molecule has 9 heteroatoms. The van der Waals surface area contributed by atoms with Crippen molar-refractivity contribution in [3.63, 3.8) is 0 Å². The highest BCUT2D eigenvalue weighted by molar-refractivity contribution is 5.70. The van der Waals surface area contributed by atoms with E-state index in [1.807, 2.05) is 21.1 Å². The lowest BCUT2D eigenvalue weighted by molar-refractivity contribution is -0.870. The molecule has 0 spiro atoms. The molecule has 470 valence electrons. The van der Waals surface area contributed by atoms with Crippen LogP contribution in [0, 0.1) is 0 Å². The molecule has 0 aliphatic rings. The first-order chi connectivity index (χ1) is 40.6. The molecule has 9 nitrogen and oxygen atoms in total. The van der Waals surface area contributed by atoms with Crippen molar-refractivity contribution in [3.05, 3.63) is 146 Å². The van der Waals surface area contributed by atoms with Crippen LogP contribution in [0.5, 0.6) is 0 Å². The first-order valence-electron chi connectivity index (χ1n) is 33.0. The summed E-state index contributed by atoms with van der Waals surface area (Å²) < 4.78 is 22.7. The van der Waals surface area contributed by atoms with E-state index in [4.69, 9.17) is 18.9 Å². The minimum absolute atomic E-state index is 0.136. The zero-order chi connectivity index (χ0) is 60.5. The van der Waals surface area contributed by atoms with E-state index in [0.29, 0.717) is 17.4 Å². The van der Waals surface area contributed by atoms with E-state index in [2.05, 4.69) is 160 Å². The first-order valence-corrected chi connectivity index (χ1v) is 33.0. The molecule has 0 aliphatic heterocycles. The summed E-state index contributed by atoms with van der Waals surface area (Å²) >= 11 is 0. The lowest BCUT2D eigenvalue weighted by Crippen LogP contribution is -2.44. The van der Waals surface area contributed by atoms with Gasteiger partial charge in [-0.2, -0.15) is 0 Å². The average Bonchev–Trinajstić information content (AvgIpc) is 3.46. The number of allylic oxidation sites excluding steroid dienone is 24. The van der Waals surface area contributed by atoms with Gasteiger partial charge in [0.05, 0.1) is 40.3 Å². The molecular weight excluding hydrogens is 1030 g/mol. The van der Waals surface area contributed by atoms with Gasteiger partial charge in [0.1, 0.15) is 13.2 Å². The smallest absolute Gasteiger partial charge is 0.306 e. The van der Waals surface area contributed by atoms with Crippen LogP contribution >= 0.6 is 0 Å². The third-order valence-corrected chi connectivity index (χ3v) is 13.6. The van der Waals surface area contributed by atoms with Gasteiger partial charge in [-0.05, 0) is 122 Å². The second-order valence-electron chi connectivity index (χ2n) is 22.7. The van der Waals surface area contributed by atoms with Crippen LogP contribution in [0.15, 0.2) is 146 Å². The minimum Gasteiger partial charge on any atom is -0.545 e. The number of nitrogens with zero attached hydrogens (tertiary/aromatic N) is 1. The fraction of sp³-hybridized carbons (Fsp3) is 0.635. The van der Waals surface area contributed by atoms with Crippen LogP contribution in [-0.2, 0) is 33.3 Å². The molecule has 83 heavy (non-hydrogen) atoms. The largest absolute Gasteiger partial charge is 0.545 e. The Balaban J connectivity index is 4.25. The lowest BCUT2D eigenvalue weighted by atomic mass is 10.1. The van der Waals surface area contributed by atoms with Crippen molar-refractivity contribution in [2.75, 3.05) is 47.5 Å². The number of carboxylic acid groups (broad SMARTS) is 1. The number of aliphatic carboxylic acids is 1. The molecule has 0 rings (SSSR count). The van der Waals surface area contributed by atoms with Crippen molar-refractivity contribution in [2.24, 2.45) is 0 Å². The van der Waals surface area contributed by atoms with Gasteiger partial charge in [0.2, 0.25) is 0 Å². The molecule has 0 fully saturated rings. The van der Waals surface area contributed by atoms with Crippen molar-refractivity contribution in [1.29, 1.82) is 0 Å². The van der Waals surface area contributed by atoms with Gasteiger partial charge in [-0.1, -0.05) is 256 Å². The molecule has 0 saturated carbocycles. The fourth-order valence-corrected chi connectivity index (χ4v) is 8.54. The van der Waals surface area contributed by atoms with Crippen LogP contribution in [0.3, 0.4) is 0 Å². The maximum atomic E-state index is 12.9. The summed E-state index contributed by atoms with van der Waals surface area (Å²) in [5.74, 6) is -2.32. The molecule has 2 atom stereocenters. The number of carbonyl (C=O) groups excluding carboxylic acids is 3. The summed E-state index contributed by atoms with van der Waals surface area (Å²) in [4.78, 5) is 37.4. The number of rotatable bonds is 59. The van der Waals surface area contributed by atoms with Crippen LogP contribution in [0.25, 0.3) is 0 Å².